The number of nitrogens with zero attached hydrogens (tertiary/aromatic N) is 2. The molecule has 0 aromatic heterocycles. The topological polar surface area (TPSA) is 23.6 Å². The number of hydrogen-bond donors (Lipinski definition) is 0. The second-order valence-corrected chi connectivity index (χ2v) is 3.85. The van der Waals surface area contributed by atoms with Crippen LogP contribution in [0.4, 0.5) is 0 Å². The standard InChI is InChI=1S/C12H15N2O/c1-13-7-8-14(12(15)10-13)9-11-5-3-2-4-6-11/h2-6H,1,7-10H2/q-1. The molecule has 0 N–H and O–H groups in total. The first-order valence-electron chi connectivity index (χ1n) is 5.13. The van der Waals surface area contributed by atoms with Gasteiger partial charge in [0, 0.05) is 13.1 Å². The van der Waals surface area contributed by atoms with Crippen molar-refractivity contribution in [3.8, 4) is 0 Å². The average Bonchev–Trinajstić information content (AvgIpc) is 2.24. The lowest BCUT2D eigenvalue weighted by Crippen LogP contribution is -2.47. The van der Waals surface area contributed by atoms with Gasteiger partial charge in [-0.2, -0.15) is 0 Å². The second-order valence-electron chi connectivity index (χ2n) is 3.85. The van der Waals surface area contributed by atoms with Crippen LogP contribution in [0.25, 0.3) is 0 Å². The van der Waals surface area contributed by atoms with E-state index < -0.39 is 0 Å². The minimum Gasteiger partial charge on any atom is -0.450 e. The van der Waals surface area contributed by atoms with Crippen molar-refractivity contribution in [2.45, 2.75) is 6.54 Å². The molecule has 1 aliphatic heterocycles. The summed E-state index contributed by atoms with van der Waals surface area (Å²) >= 11 is 0. The highest BCUT2D eigenvalue weighted by molar-refractivity contribution is 5.79. The molecule has 2 rings (SSSR count). The van der Waals surface area contributed by atoms with Gasteiger partial charge in [-0.15, -0.1) is 0 Å². The van der Waals surface area contributed by atoms with Crippen LogP contribution in [0.3, 0.4) is 0 Å². The van der Waals surface area contributed by atoms with Gasteiger partial charge in [0.2, 0.25) is 5.91 Å². The van der Waals surface area contributed by atoms with Crippen molar-refractivity contribution in [1.82, 2.24) is 9.80 Å². The first-order chi connectivity index (χ1) is 7.25. The van der Waals surface area contributed by atoms with Crippen LogP contribution in [0, 0.1) is 7.05 Å². The first-order valence-corrected chi connectivity index (χ1v) is 5.13. The summed E-state index contributed by atoms with van der Waals surface area (Å²) in [5.74, 6) is 0.167. The minimum absolute atomic E-state index is 0.167. The van der Waals surface area contributed by atoms with E-state index in [2.05, 4.69) is 7.05 Å². The summed E-state index contributed by atoms with van der Waals surface area (Å²) in [6.07, 6.45) is 0. The number of rotatable bonds is 2. The summed E-state index contributed by atoms with van der Waals surface area (Å²) in [6, 6.07) is 10.1. The molecule has 0 aliphatic carbocycles. The number of carbonyl (C=O) groups is 1. The Labute approximate surface area is 90.3 Å². The number of benzene rings is 1. The van der Waals surface area contributed by atoms with Crippen LogP contribution in [-0.2, 0) is 11.3 Å². The molecular weight excluding hydrogens is 188 g/mol. The lowest BCUT2D eigenvalue weighted by Gasteiger charge is -2.36. The van der Waals surface area contributed by atoms with E-state index in [1.165, 1.54) is 5.56 Å². The highest BCUT2D eigenvalue weighted by atomic mass is 16.2. The number of amides is 1. The van der Waals surface area contributed by atoms with Crippen molar-refractivity contribution in [2.75, 3.05) is 19.6 Å². The second kappa shape index (κ2) is 4.45. The molecule has 0 bridgehead atoms. The van der Waals surface area contributed by atoms with E-state index in [1.54, 1.807) is 0 Å². The van der Waals surface area contributed by atoms with Crippen LogP contribution in [0.15, 0.2) is 30.3 Å². The Kier molecular flexibility index (Phi) is 3.02. The molecule has 1 aromatic carbocycles. The zero-order valence-electron chi connectivity index (χ0n) is 8.72. The van der Waals surface area contributed by atoms with Crippen LogP contribution in [0.2, 0.25) is 0 Å². The molecule has 0 saturated carbocycles. The van der Waals surface area contributed by atoms with Gasteiger partial charge in [-0.05, 0) is 12.1 Å². The quantitative estimate of drug-likeness (QED) is 0.672. The summed E-state index contributed by atoms with van der Waals surface area (Å²) < 4.78 is 0. The molecule has 1 amide bonds. The smallest absolute Gasteiger partial charge is 0.234 e. The highest BCUT2D eigenvalue weighted by Gasteiger charge is 2.18. The summed E-state index contributed by atoms with van der Waals surface area (Å²) in [7, 11) is 3.78. The van der Waals surface area contributed by atoms with Crippen molar-refractivity contribution < 1.29 is 4.79 Å². The van der Waals surface area contributed by atoms with E-state index in [0.717, 1.165) is 13.1 Å². The van der Waals surface area contributed by atoms with Crippen molar-refractivity contribution in [2.24, 2.45) is 0 Å². The fourth-order valence-electron chi connectivity index (χ4n) is 1.73. The molecule has 0 unspecified atom stereocenters. The fourth-order valence-corrected chi connectivity index (χ4v) is 1.73. The predicted molar refractivity (Wildman–Crippen MR) is 58.8 cm³/mol. The number of hydrogen-bond acceptors (Lipinski definition) is 2. The van der Waals surface area contributed by atoms with E-state index in [-0.39, 0.29) is 5.91 Å². The third-order valence-corrected chi connectivity index (χ3v) is 2.61. The molecule has 1 aliphatic rings. The van der Waals surface area contributed by atoms with E-state index in [9.17, 15) is 4.79 Å². The molecule has 3 heteroatoms. The van der Waals surface area contributed by atoms with Gasteiger partial charge in [0.25, 0.3) is 0 Å². The monoisotopic (exact) mass is 203 g/mol. The van der Waals surface area contributed by atoms with E-state index in [1.807, 2.05) is 40.1 Å². The van der Waals surface area contributed by atoms with Crippen LogP contribution in [0.5, 0.6) is 0 Å². The lowest BCUT2D eigenvalue weighted by molar-refractivity contribution is -0.135. The van der Waals surface area contributed by atoms with Gasteiger partial charge in [-0.1, -0.05) is 30.3 Å². The highest BCUT2D eigenvalue weighted by Crippen LogP contribution is 2.08. The number of carbonyl (C=O) groups excluding carboxylic acids is 1. The zero-order chi connectivity index (χ0) is 10.7. The van der Waals surface area contributed by atoms with E-state index in [0.29, 0.717) is 13.1 Å². The first kappa shape index (κ1) is 10.2. The predicted octanol–water partition coefficient (Wildman–Crippen LogP) is 1.12. The van der Waals surface area contributed by atoms with E-state index in [4.69, 9.17) is 0 Å². The Morgan fingerprint density at radius 1 is 1.20 bits per heavy atom. The molecule has 3 nitrogen and oxygen atoms in total. The molecule has 15 heavy (non-hydrogen) atoms. The van der Waals surface area contributed by atoms with Gasteiger partial charge >= 0.3 is 0 Å². The Morgan fingerprint density at radius 2 is 1.93 bits per heavy atom. The Balaban J connectivity index is 1.98. The Hall–Kier alpha value is -1.35. The summed E-state index contributed by atoms with van der Waals surface area (Å²) in [5.41, 5.74) is 1.18. The van der Waals surface area contributed by atoms with Gasteiger partial charge in [-0.3, -0.25) is 11.8 Å². The Bertz CT molecular complexity index is 337. The van der Waals surface area contributed by atoms with Crippen molar-refractivity contribution >= 4 is 5.91 Å². The van der Waals surface area contributed by atoms with Crippen molar-refractivity contribution in [1.29, 1.82) is 0 Å². The maximum Gasteiger partial charge on any atom is 0.234 e. The fraction of sp³-hybridized carbons (Fsp3) is 0.333. The summed E-state index contributed by atoms with van der Waals surface area (Å²) in [5, 5.41) is 0. The zero-order valence-corrected chi connectivity index (χ0v) is 8.72. The van der Waals surface area contributed by atoms with E-state index >= 15 is 0 Å². The molecular formula is C12H15N2O-. The molecule has 1 aromatic rings. The lowest BCUT2D eigenvalue weighted by atomic mass is 10.2. The van der Waals surface area contributed by atoms with Crippen LogP contribution < -0.4 is 0 Å². The largest absolute Gasteiger partial charge is 0.450 e. The van der Waals surface area contributed by atoms with Crippen molar-refractivity contribution in [3.05, 3.63) is 42.9 Å². The maximum absolute atomic E-state index is 11.7. The normalized spacial score (nSPS) is 18.2. The van der Waals surface area contributed by atoms with Gasteiger partial charge in [0.15, 0.2) is 0 Å². The maximum atomic E-state index is 11.7. The van der Waals surface area contributed by atoms with Crippen LogP contribution >= 0.6 is 0 Å². The molecule has 0 spiro atoms. The van der Waals surface area contributed by atoms with Gasteiger partial charge in [0.1, 0.15) is 0 Å². The van der Waals surface area contributed by atoms with Crippen LogP contribution in [-0.4, -0.2) is 35.3 Å². The summed E-state index contributed by atoms with van der Waals surface area (Å²) in [6.45, 7) is 2.79. The Morgan fingerprint density at radius 3 is 2.60 bits per heavy atom. The summed E-state index contributed by atoms with van der Waals surface area (Å²) in [4.78, 5) is 15.3. The van der Waals surface area contributed by atoms with Gasteiger partial charge < -0.3 is 9.80 Å². The third-order valence-electron chi connectivity index (χ3n) is 2.61. The molecule has 1 heterocycles. The van der Waals surface area contributed by atoms with Gasteiger partial charge in [-0.25, -0.2) is 0 Å². The molecule has 0 atom stereocenters. The van der Waals surface area contributed by atoms with Gasteiger partial charge in [0.05, 0.1) is 6.54 Å². The minimum atomic E-state index is 0.167. The molecule has 1 fully saturated rings. The number of piperazine rings is 1. The average molecular weight is 203 g/mol. The van der Waals surface area contributed by atoms with Crippen LogP contribution in [0.1, 0.15) is 5.56 Å². The SMILES string of the molecule is [CH2-]N1CCN(Cc2ccccc2)C(=O)C1. The molecule has 0 radical (unpaired) electrons. The van der Waals surface area contributed by atoms with Crippen molar-refractivity contribution in [3.63, 3.8) is 0 Å². The molecule has 1 saturated heterocycles. The molecule has 80 valence electrons. The third kappa shape index (κ3) is 2.57.